The van der Waals surface area contributed by atoms with Gasteiger partial charge in [-0.3, -0.25) is 0 Å². The highest BCUT2D eigenvalue weighted by Gasteiger charge is 2.22. The largest absolute Gasteiger partial charge is 0.494 e. The van der Waals surface area contributed by atoms with E-state index >= 15 is 0 Å². The van der Waals surface area contributed by atoms with Crippen LogP contribution in [0.15, 0.2) is 40.9 Å². The molecular formula is C17H15BrN2O3. The number of hydrogen-bond donors (Lipinski definition) is 0. The normalized spacial score (nSPS) is 10.8. The quantitative estimate of drug-likeness (QED) is 0.652. The van der Waals surface area contributed by atoms with Crippen LogP contribution in [0.4, 0.5) is 0 Å². The predicted octanol–water partition coefficient (Wildman–Crippen LogP) is 3.89. The number of ether oxygens (including phenoxy) is 2. The zero-order valence-electron chi connectivity index (χ0n) is 13.0. The van der Waals surface area contributed by atoms with Crippen molar-refractivity contribution in [2.75, 3.05) is 14.2 Å². The molecule has 2 aromatic carbocycles. The zero-order valence-corrected chi connectivity index (χ0v) is 14.5. The molecule has 1 aromatic heterocycles. The van der Waals surface area contributed by atoms with Gasteiger partial charge in [-0.05, 0) is 42.8 Å². The lowest BCUT2D eigenvalue weighted by Gasteiger charge is -2.08. The minimum atomic E-state index is -0.476. The highest BCUT2D eigenvalue weighted by atomic mass is 79.9. The van der Waals surface area contributed by atoms with Crippen LogP contribution in [0.25, 0.3) is 16.6 Å². The van der Waals surface area contributed by atoms with Crippen molar-refractivity contribution in [2.24, 2.45) is 0 Å². The van der Waals surface area contributed by atoms with Crippen LogP contribution in [0.3, 0.4) is 0 Å². The lowest BCUT2D eigenvalue weighted by atomic mass is 10.1. The van der Waals surface area contributed by atoms with E-state index in [9.17, 15) is 4.79 Å². The number of esters is 1. The van der Waals surface area contributed by atoms with Crippen molar-refractivity contribution in [1.82, 2.24) is 9.78 Å². The number of aryl methyl sites for hydroxylation is 1. The van der Waals surface area contributed by atoms with E-state index in [1.807, 2.05) is 43.3 Å². The van der Waals surface area contributed by atoms with Gasteiger partial charge in [0.2, 0.25) is 0 Å². The molecule has 5 nitrogen and oxygen atoms in total. The Balaban J connectivity index is 2.40. The van der Waals surface area contributed by atoms with Crippen molar-refractivity contribution in [3.63, 3.8) is 0 Å². The molecule has 6 heteroatoms. The number of fused-ring (bicyclic) bond motifs is 1. The van der Waals surface area contributed by atoms with Crippen molar-refractivity contribution in [3.05, 3.63) is 52.1 Å². The fourth-order valence-electron chi connectivity index (χ4n) is 2.55. The molecule has 0 N–H and O–H groups in total. The molecule has 3 aromatic rings. The Bertz CT molecular complexity index is 902. The lowest BCUT2D eigenvalue weighted by molar-refractivity contribution is 0.0595. The fraction of sp³-hybridized carbons (Fsp3) is 0.176. The molecule has 23 heavy (non-hydrogen) atoms. The Morgan fingerprint density at radius 2 is 2.00 bits per heavy atom. The summed E-state index contributed by atoms with van der Waals surface area (Å²) < 4.78 is 13.0. The Hall–Kier alpha value is -2.34. The van der Waals surface area contributed by atoms with Gasteiger partial charge in [0.05, 0.1) is 19.9 Å². The maximum absolute atomic E-state index is 12.1. The van der Waals surface area contributed by atoms with E-state index in [1.54, 1.807) is 11.8 Å². The molecule has 0 atom stereocenters. The van der Waals surface area contributed by atoms with Crippen LogP contribution in [0.2, 0.25) is 0 Å². The first kappa shape index (κ1) is 15.6. The molecule has 0 aliphatic heterocycles. The first-order valence-corrected chi connectivity index (χ1v) is 7.76. The second-order valence-electron chi connectivity index (χ2n) is 5.10. The summed E-state index contributed by atoms with van der Waals surface area (Å²) in [6, 6.07) is 11.5. The third-order valence-electron chi connectivity index (χ3n) is 3.54. The zero-order chi connectivity index (χ0) is 16.6. The van der Waals surface area contributed by atoms with Gasteiger partial charge in [-0.1, -0.05) is 22.0 Å². The van der Waals surface area contributed by atoms with Gasteiger partial charge in [-0.2, -0.15) is 5.10 Å². The summed E-state index contributed by atoms with van der Waals surface area (Å²) in [5.41, 5.74) is 2.80. The maximum Gasteiger partial charge on any atom is 0.359 e. The second-order valence-corrected chi connectivity index (χ2v) is 6.01. The van der Waals surface area contributed by atoms with E-state index in [-0.39, 0.29) is 5.69 Å². The molecule has 0 radical (unpaired) electrons. The monoisotopic (exact) mass is 374 g/mol. The topological polar surface area (TPSA) is 53.3 Å². The van der Waals surface area contributed by atoms with Crippen molar-refractivity contribution in [1.29, 1.82) is 0 Å². The average Bonchev–Trinajstić information content (AvgIpc) is 2.92. The molecule has 0 aliphatic carbocycles. The minimum Gasteiger partial charge on any atom is -0.494 e. The number of hydrogen-bond acceptors (Lipinski definition) is 4. The predicted molar refractivity (Wildman–Crippen MR) is 91.4 cm³/mol. The third-order valence-corrected chi connectivity index (χ3v) is 4.03. The number of methoxy groups -OCH3 is 2. The van der Waals surface area contributed by atoms with Gasteiger partial charge in [0.25, 0.3) is 0 Å². The molecular weight excluding hydrogens is 360 g/mol. The summed E-state index contributed by atoms with van der Waals surface area (Å²) in [5.74, 6) is 0.180. The van der Waals surface area contributed by atoms with Gasteiger partial charge >= 0.3 is 5.97 Å². The standard InChI is InChI=1S/C17H15BrN2O3/c1-10-7-13-15(17(21)23-3)19-20(16(13)14(8-10)22-2)12-6-4-5-11(18)9-12/h4-9H,1-3H3. The van der Waals surface area contributed by atoms with Crippen LogP contribution in [-0.4, -0.2) is 30.0 Å². The number of halogens is 1. The van der Waals surface area contributed by atoms with Crippen LogP contribution in [0.5, 0.6) is 5.75 Å². The molecule has 0 bridgehead atoms. The van der Waals surface area contributed by atoms with Gasteiger partial charge in [0.1, 0.15) is 11.3 Å². The smallest absolute Gasteiger partial charge is 0.359 e. The Morgan fingerprint density at radius 3 is 2.65 bits per heavy atom. The van der Waals surface area contributed by atoms with E-state index in [0.717, 1.165) is 21.2 Å². The molecule has 0 spiro atoms. The molecule has 1 heterocycles. The van der Waals surface area contributed by atoms with Crippen LogP contribution in [-0.2, 0) is 4.74 Å². The van der Waals surface area contributed by atoms with Crippen LogP contribution in [0.1, 0.15) is 16.1 Å². The highest BCUT2D eigenvalue weighted by molar-refractivity contribution is 9.10. The van der Waals surface area contributed by atoms with Crippen LogP contribution in [0, 0.1) is 6.92 Å². The number of nitrogens with zero attached hydrogens (tertiary/aromatic N) is 2. The van der Waals surface area contributed by atoms with E-state index in [4.69, 9.17) is 9.47 Å². The number of carbonyl (C=O) groups is 1. The SMILES string of the molecule is COC(=O)c1nn(-c2cccc(Br)c2)c2c(OC)cc(C)cc12. The van der Waals surface area contributed by atoms with E-state index in [2.05, 4.69) is 21.0 Å². The van der Waals surface area contributed by atoms with E-state index in [1.165, 1.54) is 7.11 Å². The summed E-state index contributed by atoms with van der Waals surface area (Å²) >= 11 is 3.46. The fourth-order valence-corrected chi connectivity index (χ4v) is 2.93. The molecule has 0 amide bonds. The highest BCUT2D eigenvalue weighted by Crippen LogP contribution is 2.32. The number of carbonyl (C=O) groups excluding carboxylic acids is 1. The Kier molecular flexibility index (Phi) is 4.09. The van der Waals surface area contributed by atoms with Gasteiger partial charge < -0.3 is 9.47 Å². The Labute approximate surface area is 141 Å². The molecule has 3 rings (SSSR count). The second kappa shape index (κ2) is 6.04. The van der Waals surface area contributed by atoms with Gasteiger partial charge in [0.15, 0.2) is 5.69 Å². The van der Waals surface area contributed by atoms with Gasteiger partial charge in [-0.15, -0.1) is 0 Å². The Morgan fingerprint density at radius 1 is 1.22 bits per heavy atom. The van der Waals surface area contributed by atoms with E-state index in [0.29, 0.717) is 11.1 Å². The van der Waals surface area contributed by atoms with E-state index < -0.39 is 5.97 Å². The molecule has 0 fully saturated rings. The van der Waals surface area contributed by atoms with Crippen molar-refractivity contribution in [3.8, 4) is 11.4 Å². The molecule has 118 valence electrons. The van der Waals surface area contributed by atoms with Gasteiger partial charge in [-0.25, -0.2) is 9.48 Å². The summed E-state index contributed by atoms with van der Waals surface area (Å²) in [7, 11) is 2.95. The third kappa shape index (κ3) is 2.70. The first-order valence-electron chi connectivity index (χ1n) is 6.96. The number of aromatic nitrogens is 2. The van der Waals surface area contributed by atoms with Crippen LogP contribution >= 0.6 is 15.9 Å². The average molecular weight is 375 g/mol. The molecule has 0 aliphatic rings. The van der Waals surface area contributed by atoms with Gasteiger partial charge in [0, 0.05) is 9.86 Å². The summed E-state index contributed by atoms with van der Waals surface area (Å²) in [6.07, 6.45) is 0. The minimum absolute atomic E-state index is 0.268. The summed E-state index contributed by atoms with van der Waals surface area (Å²) in [5, 5.41) is 5.16. The number of benzene rings is 2. The molecule has 0 saturated heterocycles. The summed E-state index contributed by atoms with van der Waals surface area (Å²) in [6.45, 7) is 1.94. The van der Waals surface area contributed by atoms with Crippen LogP contribution < -0.4 is 4.74 Å². The maximum atomic E-state index is 12.1. The number of rotatable bonds is 3. The lowest BCUT2D eigenvalue weighted by Crippen LogP contribution is -2.04. The first-order chi connectivity index (χ1) is 11.0. The van der Waals surface area contributed by atoms with Crippen molar-refractivity contribution in [2.45, 2.75) is 6.92 Å². The molecule has 0 saturated carbocycles. The van der Waals surface area contributed by atoms with Crippen molar-refractivity contribution < 1.29 is 14.3 Å². The molecule has 0 unspecified atom stereocenters. The summed E-state index contributed by atoms with van der Waals surface area (Å²) in [4.78, 5) is 12.1. The van der Waals surface area contributed by atoms with Crippen molar-refractivity contribution >= 4 is 32.8 Å².